The van der Waals surface area contributed by atoms with Gasteiger partial charge in [-0.25, -0.2) is 0 Å². The van der Waals surface area contributed by atoms with Crippen LogP contribution in [-0.4, -0.2) is 17.9 Å². The van der Waals surface area contributed by atoms with Gasteiger partial charge in [0.15, 0.2) is 0 Å². The van der Waals surface area contributed by atoms with Crippen molar-refractivity contribution in [2.75, 3.05) is 0 Å². The molecule has 0 aromatic heterocycles. The van der Waals surface area contributed by atoms with E-state index in [4.69, 9.17) is 5.73 Å². The molecule has 0 aliphatic heterocycles. The minimum Gasteiger partial charge on any atom is -0.368 e. The second kappa shape index (κ2) is 9.84. The van der Waals surface area contributed by atoms with Gasteiger partial charge in [-0.15, -0.1) is 0 Å². The molecular formula is C30H36N2O2. The molecule has 0 radical (unpaired) electrons. The lowest BCUT2D eigenvalue weighted by atomic mass is 9.79. The zero-order valence-electron chi connectivity index (χ0n) is 21.1. The first-order valence-corrected chi connectivity index (χ1v) is 11.7. The van der Waals surface area contributed by atoms with Gasteiger partial charge in [0, 0.05) is 11.5 Å². The van der Waals surface area contributed by atoms with Crippen molar-refractivity contribution in [3.8, 4) is 0 Å². The zero-order chi connectivity index (χ0) is 25.1. The van der Waals surface area contributed by atoms with E-state index in [9.17, 15) is 9.59 Å². The molecule has 0 bridgehead atoms. The number of carbonyl (C=O) groups is 2. The monoisotopic (exact) mass is 456 g/mol. The molecule has 178 valence electrons. The molecule has 1 unspecified atom stereocenters. The summed E-state index contributed by atoms with van der Waals surface area (Å²) in [6.07, 6.45) is 0. The summed E-state index contributed by atoms with van der Waals surface area (Å²) in [5.74, 6) is -1.29. The van der Waals surface area contributed by atoms with Crippen LogP contribution in [0.4, 0.5) is 0 Å². The van der Waals surface area contributed by atoms with E-state index in [1.807, 2.05) is 72.8 Å². The Kier molecular flexibility index (Phi) is 7.30. The van der Waals surface area contributed by atoms with Crippen molar-refractivity contribution >= 4 is 11.8 Å². The van der Waals surface area contributed by atoms with Gasteiger partial charge in [0.2, 0.25) is 5.91 Å². The van der Waals surface area contributed by atoms with Crippen molar-refractivity contribution in [2.45, 2.75) is 64.3 Å². The van der Waals surface area contributed by atoms with Gasteiger partial charge in [-0.05, 0) is 45.2 Å². The largest absolute Gasteiger partial charge is 0.368 e. The lowest BCUT2D eigenvalue weighted by molar-refractivity contribution is -0.120. The minimum absolute atomic E-state index is 0.129. The van der Waals surface area contributed by atoms with E-state index in [0.29, 0.717) is 5.56 Å². The average Bonchev–Trinajstić information content (AvgIpc) is 2.78. The molecule has 0 heterocycles. The summed E-state index contributed by atoms with van der Waals surface area (Å²) in [4.78, 5) is 26.3. The fraction of sp³-hybridized carbons (Fsp3) is 0.333. The number of hydrogen-bond donors (Lipinski definition) is 2. The van der Waals surface area contributed by atoms with E-state index in [-0.39, 0.29) is 16.7 Å². The average molecular weight is 457 g/mol. The van der Waals surface area contributed by atoms with E-state index in [1.54, 1.807) is 0 Å². The summed E-state index contributed by atoms with van der Waals surface area (Å²) in [6.45, 7) is 12.8. The smallest absolute Gasteiger partial charge is 0.251 e. The fourth-order valence-electron chi connectivity index (χ4n) is 4.07. The van der Waals surface area contributed by atoms with Crippen LogP contribution in [0.15, 0.2) is 78.9 Å². The molecule has 1 atom stereocenters. The third kappa shape index (κ3) is 5.93. The Morgan fingerprint density at radius 2 is 1.12 bits per heavy atom. The third-order valence-electron chi connectivity index (χ3n) is 6.17. The lowest BCUT2D eigenvalue weighted by Crippen LogP contribution is -2.48. The maximum atomic E-state index is 13.6. The van der Waals surface area contributed by atoms with Crippen LogP contribution in [-0.2, 0) is 15.6 Å². The zero-order valence-corrected chi connectivity index (χ0v) is 21.1. The summed E-state index contributed by atoms with van der Waals surface area (Å²) < 4.78 is 0. The van der Waals surface area contributed by atoms with Gasteiger partial charge in [0.1, 0.15) is 6.04 Å². The van der Waals surface area contributed by atoms with Gasteiger partial charge in [-0.1, -0.05) is 108 Å². The molecule has 3 aromatic rings. The van der Waals surface area contributed by atoms with Gasteiger partial charge in [0.05, 0.1) is 0 Å². The van der Waals surface area contributed by atoms with Crippen LogP contribution in [0, 0.1) is 0 Å². The van der Waals surface area contributed by atoms with Crippen molar-refractivity contribution in [1.29, 1.82) is 0 Å². The molecule has 3 N–H and O–H groups in total. The van der Waals surface area contributed by atoms with Crippen molar-refractivity contribution in [3.63, 3.8) is 0 Å². The number of nitrogens with two attached hydrogens (primary N) is 1. The summed E-state index contributed by atoms with van der Waals surface area (Å²) >= 11 is 0. The van der Waals surface area contributed by atoms with Crippen molar-refractivity contribution in [2.24, 2.45) is 5.73 Å². The highest BCUT2D eigenvalue weighted by atomic mass is 16.2. The molecule has 3 rings (SSSR count). The van der Waals surface area contributed by atoms with E-state index >= 15 is 0 Å². The Morgan fingerprint density at radius 3 is 1.47 bits per heavy atom. The Bertz CT molecular complexity index is 1070. The predicted octanol–water partition coefficient (Wildman–Crippen LogP) is 5.70. The standard InChI is InChI=1S/C30H36N2O2/c1-29(2,3)23-17-22(18-24(19-23)30(4,5)6)28(34)32-26(27(31)33)25(20-13-9-7-10-14-20)21-15-11-8-12-16-21/h7-19,25-26H,1-6H3,(H2,31,33)(H,32,34). The van der Waals surface area contributed by atoms with Crippen LogP contribution in [0.25, 0.3) is 0 Å². The van der Waals surface area contributed by atoms with Crippen LogP contribution >= 0.6 is 0 Å². The van der Waals surface area contributed by atoms with Crippen molar-refractivity contribution in [1.82, 2.24) is 5.32 Å². The van der Waals surface area contributed by atoms with Gasteiger partial charge in [-0.3, -0.25) is 9.59 Å². The molecule has 34 heavy (non-hydrogen) atoms. The highest BCUT2D eigenvalue weighted by molar-refractivity contribution is 5.98. The summed E-state index contributed by atoms with van der Waals surface area (Å²) in [6, 6.07) is 24.5. The number of carbonyl (C=O) groups excluding carboxylic acids is 2. The molecule has 0 saturated carbocycles. The molecular weight excluding hydrogens is 420 g/mol. The van der Waals surface area contributed by atoms with Gasteiger partial charge >= 0.3 is 0 Å². The van der Waals surface area contributed by atoms with Crippen LogP contribution in [0.2, 0.25) is 0 Å². The van der Waals surface area contributed by atoms with E-state index in [2.05, 4.69) is 52.9 Å². The Hall–Kier alpha value is -3.40. The second-order valence-electron chi connectivity index (χ2n) is 11.0. The van der Waals surface area contributed by atoms with Gasteiger partial charge in [0.25, 0.3) is 5.91 Å². The first-order chi connectivity index (χ1) is 15.9. The Labute approximate surface area is 203 Å². The first kappa shape index (κ1) is 25.2. The van der Waals surface area contributed by atoms with Crippen molar-refractivity contribution < 1.29 is 9.59 Å². The summed E-state index contributed by atoms with van der Waals surface area (Å²) in [5.41, 5.74) is 10.1. The third-order valence-corrected chi connectivity index (χ3v) is 6.17. The quantitative estimate of drug-likeness (QED) is 0.500. The molecule has 0 spiro atoms. The first-order valence-electron chi connectivity index (χ1n) is 11.7. The molecule has 0 aliphatic carbocycles. The molecule has 2 amide bonds. The van der Waals surface area contributed by atoms with E-state index in [0.717, 1.165) is 22.3 Å². The lowest BCUT2D eigenvalue weighted by Gasteiger charge is -2.28. The number of nitrogens with one attached hydrogen (secondary N) is 1. The maximum absolute atomic E-state index is 13.6. The molecule has 3 aromatic carbocycles. The Morgan fingerprint density at radius 1 is 0.706 bits per heavy atom. The SMILES string of the molecule is CC(C)(C)c1cc(C(=O)NC(C(N)=O)C(c2ccccc2)c2ccccc2)cc(C(C)(C)C)c1. The van der Waals surface area contributed by atoms with Crippen LogP contribution < -0.4 is 11.1 Å². The highest BCUT2D eigenvalue weighted by Gasteiger charge is 2.32. The predicted molar refractivity (Wildman–Crippen MR) is 139 cm³/mol. The van der Waals surface area contributed by atoms with Gasteiger partial charge in [-0.2, -0.15) is 0 Å². The molecule has 0 aliphatic rings. The molecule has 0 fully saturated rings. The number of benzene rings is 3. The maximum Gasteiger partial charge on any atom is 0.251 e. The van der Waals surface area contributed by atoms with Crippen LogP contribution in [0.3, 0.4) is 0 Å². The van der Waals surface area contributed by atoms with E-state index < -0.39 is 17.9 Å². The van der Waals surface area contributed by atoms with Crippen molar-refractivity contribution in [3.05, 3.63) is 107 Å². The summed E-state index contributed by atoms with van der Waals surface area (Å²) in [7, 11) is 0. The Balaban J connectivity index is 2.06. The second-order valence-corrected chi connectivity index (χ2v) is 11.0. The van der Waals surface area contributed by atoms with Crippen LogP contribution in [0.5, 0.6) is 0 Å². The number of rotatable bonds is 6. The normalized spacial score (nSPS) is 12.9. The highest BCUT2D eigenvalue weighted by Crippen LogP contribution is 2.31. The molecule has 4 nitrogen and oxygen atoms in total. The summed E-state index contributed by atoms with van der Waals surface area (Å²) in [5, 5.41) is 2.97. The fourth-order valence-corrected chi connectivity index (χ4v) is 4.07. The number of amides is 2. The number of hydrogen-bond acceptors (Lipinski definition) is 2. The minimum atomic E-state index is -0.909. The topological polar surface area (TPSA) is 72.2 Å². The van der Waals surface area contributed by atoms with Gasteiger partial charge < -0.3 is 11.1 Å². The molecule has 0 saturated heterocycles. The number of primary amides is 1. The van der Waals surface area contributed by atoms with Crippen LogP contribution in [0.1, 0.15) is 80.1 Å². The molecule has 4 heteroatoms. The van der Waals surface area contributed by atoms with E-state index in [1.165, 1.54) is 0 Å².